The van der Waals surface area contributed by atoms with Crippen LogP contribution in [-0.4, -0.2) is 12.3 Å². The molecule has 1 aliphatic rings. The van der Waals surface area contributed by atoms with Crippen LogP contribution in [0.5, 0.6) is 0 Å². The lowest BCUT2D eigenvalue weighted by atomic mass is 10.2. The standard InChI is InChI=1S/C13H13N3O2/c17-13(16-12-9-14-7-4-8-15-12)18-10-11-5-2-1-3-6-11/h1-9,15H,10H2,(H,16,17). The number of nitrogens with one attached hydrogen (secondary N) is 2. The molecule has 0 saturated heterocycles. The van der Waals surface area contributed by atoms with Gasteiger partial charge in [-0.05, 0) is 11.6 Å². The summed E-state index contributed by atoms with van der Waals surface area (Å²) < 4.78 is 5.06. The molecule has 2 N–H and O–H groups in total. The molecule has 0 aromatic heterocycles. The van der Waals surface area contributed by atoms with Crippen LogP contribution in [0.2, 0.25) is 0 Å². The van der Waals surface area contributed by atoms with Gasteiger partial charge in [-0.3, -0.25) is 10.3 Å². The molecule has 1 aliphatic heterocycles. The zero-order valence-electron chi connectivity index (χ0n) is 9.67. The number of rotatable bonds is 3. The average Bonchev–Trinajstić information content (AvgIpc) is 2.66. The van der Waals surface area contributed by atoms with Gasteiger partial charge in [0.2, 0.25) is 0 Å². The molecule has 1 heterocycles. The Kier molecular flexibility index (Phi) is 4.13. The number of amides is 1. The first-order chi connectivity index (χ1) is 8.84. The maximum Gasteiger partial charge on any atom is 0.413 e. The Morgan fingerprint density at radius 2 is 2.17 bits per heavy atom. The molecule has 1 aromatic carbocycles. The number of benzene rings is 1. The van der Waals surface area contributed by atoms with Gasteiger partial charge in [-0.25, -0.2) is 4.79 Å². The predicted octanol–water partition coefficient (Wildman–Crippen LogP) is 1.90. The smallest absolute Gasteiger partial charge is 0.413 e. The maximum atomic E-state index is 11.5. The number of alkyl carbamates (subject to hydrolysis) is 1. The van der Waals surface area contributed by atoms with E-state index in [9.17, 15) is 4.79 Å². The molecule has 0 radical (unpaired) electrons. The van der Waals surface area contributed by atoms with Gasteiger partial charge in [-0.1, -0.05) is 30.3 Å². The highest BCUT2D eigenvalue weighted by Gasteiger charge is 2.05. The number of aliphatic imine (C=N–C) groups is 1. The molecule has 0 unspecified atom stereocenters. The Labute approximate surface area is 105 Å². The predicted molar refractivity (Wildman–Crippen MR) is 68.6 cm³/mol. The third-order valence-electron chi connectivity index (χ3n) is 2.16. The Morgan fingerprint density at radius 1 is 1.33 bits per heavy atom. The van der Waals surface area contributed by atoms with Crippen LogP contribution in [-0.2, 0) is 11.3 Å². The molecule has 1 aromatic rings. The molecule has 5 nitrogen and oxygen atoms in total. The third kappa shape index (κ3) is 3.79. The second-order valence-electron chi connectivity index (χ2n) is 3.53. The first kappa shape index (κ1) is 11.9. The summed E-state index contributed by atoms with van der Waals surface area (Å²) in [4.78, 5) is 15.4. The number of carbonyl (C=O) groups excluding carboxylic acids is 1. The van der Waals surface area contributed by atoms with Crippen molar-refractivity contribution in [1.29, 1.82) is 0 Å². The molecule has 1 amide bonds. The van der Waals surface area contributed by atoms with Crippen LogP contribution < -0.4 is 10.6 Å². The molecule has 0 fully saturated rings. The number of hydrogen-bond donors (Lipinski definition) is 2. The summed E-state index contributed by atoms with van der Waals surface area (Å²) in [6.45, 7) is 0.235. The number of ether oxygens (including phenoxy) is 1. The van der Waals surface area contributed by atoms with E-state index in [1.54, 1.807) is 18.5 Å². The normalized spacial score (nSPS) is 13.2. The summed E-state index contributed by atoms with van der Waals surface area (Å²) in [5, 5.41) is 5.41. The molecule has 18 heavy (non-hydrogen) atoms. The van der Waals surface area contributed by atoms with Crippen LogP contribution in [0.1, 0.15) is 5.56 Å². The lowest BCUT2D eigenvalue weighted by Crippen LogP contribution is -2.29. The van der Waals surface area contributed by atoms with Crippen LogP contribution in [0.4, 0.5) is 4.79 Å². The molecular formula is C13H13N3O2. The number of carbonyl (C=O) groups is 1. The minimum Gasteiger partial charge on any atom is -0.444 e. The third-order valence-corrected chi connectivity index (χ3v) is 2.16. The fourth-order valence-electron chi connectivity index (χ4n) is 1.32. The van der Waals surface area contributed by atoms with E-state index < -0.39 is 6.09 Å². The Morgan fingerprint density at radius 3 is 3.00 bits per heavy atom. The van der Waals surface area contributed by atoms with Crippen molar-refractivity contribution in [2.75, 3.05) is 0 Å². The molecule has 0 atom stereocenters. The topological polar surface area (TPSA) is 62.7 Å². The van der Waals surface area contributed by atoms with Crippen molar-refractivity contribution in [3.63, 3.8) is 0 Å². The summed E-state index contributed by atoms with van der Waals surface area (Å²) >= 11 is 0. The maximum absolute atomic E-state index is 11.5. The Hall–Kier alpha value is -2.56. The minimum absolute atomic E-state index is 0.235. The van der Waals surface area contributed by atoms with Crippen LogP contribution in [0, 0.1) is 0 Å². The van der Waals surface area contributed by atoms with Crippen molar-refractivity contribution in [1.82, 2.24) is 10.6 Å². The molecule has 5 heteroatoms. The molecule has 2 rings (SSSR count). The lowest BCUT2D eigenvalue weighted by molar-refractivity contribution is 0.142. The van der Waals surface area contributed by atoms with Crippen molar-refractivity contribution in [3.8, 4) is 0 Å². The number of hydrogen-bond acceptors (Lipinski definition) is 4. The van der Waals surface area contributed by atoms with Crippen molar-refractivity contribution in [2.24, 2.45) is 4.99 Å². The SMILES string of the molecule is O=C(NC1=CN=CC=CN1)OCc1ccccc1. The van der Waals surface area contributed by atoms with Crippen molar-refractivity contribution in [2.45, 2.75) is 6.61 Å². The fraction of sp³-hybridized carbons (Fsp3) is 0.0769. The summed E-state index contributed by atoms with van der Waals surface area (Å²) in [6, 6.07) is 9.48. The van der Waals surface area contributed by atoms with Gasteiger partial charge in [0.1, 0.15) is 12.4 Å². The van der Waals surface area contributed by atoms with E-state index in [0.717, 1.165) is 5.56 Å². The first-order valence-corrected chi connectivity index (χ1v) is 5.47. The molecule has 0 saturated carbocycles. The average molecular weight is 243 g/mol. The van der Waals surface area contributed by atoms with E-state index >= 15 is 0 Å². The molecule has 0 aliphatic carbocycles. The van der Waals surface area contributed by atoms with Gasteiger partial charge < -0.3 is 10.1 Å². The highest BCUT2D eigenvalue weighted by Crippen LogP contribution is 2.01. The van der Waals surface area contributed by atoms with Crippen LogP contribution in [0.25, 0.3) is 0 Å². The second kappa shape index (κ2) is 6.24. The molecular weight excluding hydrogens is 230 g/mol. The fourth-order valence-corrected chi connectivity index (χ4v) is 1.32. The van der Waals surface area contributed by atoms with Crippen LogP contribution >= 0.6 is 0 Å². The van der Waals surface area contributed by atoms with E-state index in [1.807, 2.05) is 30.3 Å². The molecule has 0 bridgehead atoms. The van der Waals surface area contributed by atoms with E-state index in [-0.39, 0.29) is 6.61 Å². The zero-order chi connectivity index (χ0) is 12.6. The van der Waals surface area contributed by atoms with Crippen molar-refractivity contribution >= 4 is 12.3 Å². The Balaban J connectivity index is 1.80. The summed E-state index contributed by atoms with van der Waals surface area (Å²) in [5.41, 5.74) is 0.938. The number of nitrogens with zero attached hydrogens (tertiary/aromatic N) is 1. The van der Waals surface area contributed by atoms with Crippen molar-refractivity contribution in [3.05, 3.63) is 60.2 Å². The van der Waals surface area contributed by atoms with E-state index in [4.69, 9.17) is 4.74 Å². The monoisotopic (exact) mass is 243 g/mol. The highest BCUT2D eigenvalue weighted by molar-refractivity contribution is 5.73. The summed E-state index contributed by atoms with van der Waals surface area (Å²) in [6.07, 6.45) is 5.98. The van der Waals surface area contributed by atoms with Gasteiger partial charge >= 0.3 is 6.09 Å². The van der Waals surface area contributed by atoms with Gasteiger partial charge in [0.25, 0.3) is 0 Å². The van der Waals surface area contributed by atoms with Crippen molar-refractivity contribution < 1.29 is 9.53 Å². The minimum atomic E-state index is -0.525. The van der Waals surface area contributed by atoms with Gasteiger partial charge in [0.15, 0.2) is 0 Å². The highest BCUT2D eigenvalue weighted by atomic mass is 16.5. The lowest BCUT2D eigenvalue weighted by Gasteiger charge is -2.09. The van der Waals surface area contributed by atoms with Gasteiger partial charge in [-0.15, -0.1) is 0 Å². The van der Waals surface area contributed by atoms with Gasteiger partial charge in [-0.2, -0.15) is 0 Å². The second-order valence-corrected chi connectivity index (χ2v) is 3.53. The quantitative estimate of drug-likeness (QED) is 0.852. The largest absolute Gasteiger partial charge is 0.444 e. The van der Waals surface area contributed by atoms with E-state index in [0.29, 0.717) is 5.82 Å². The summed E-state index contributed by atoms with van der Waals surface area (Å²) in [7, 11) is 0. The van der Waals surface area contributed by atoms with E-state index in [2.05, 4.69) is 15.6 Å². The first-order valence-electron chi connectivity index (χ1n) is 5.47. The van der Waals surface area contributed by atoms with E-state index in [1.165, 1.54) is 6.20 Å². The Bertz CT molecular complexity index is 492. The molecule has 92 valence electrons. The molecule has 0 spiro atoms. The van der Waals surface area contributed by atoms with Gasteiger partial charge in [0.05, 0.1) is 6.20 Å². The van der Waals surface area contributed by atoms with Crippen LogP contribution in [0.3, 0.4) is 0 Å². The van der Waals surface area contributed by atoms with Crippen LogP contribution in [0.15, 0.2) is 59.6 Å². The number of allylic oxidation sites excluding steroid dienone is 1. The summed E-state index contributed by atoms with van der Waals surface area (Å²) in [5.74, 6) is 0.470. The van der Waals surface area contributed by atoms with Gasteiger partial charge in [0, 0.05) is 12.4 Å². The zero-order valence-corrected chi connectivity index (χ0v) is 9.67.